The van der Waals surface area contributed by atoms with Crippen LogP contribution in [0.1, 0.15) is 43.2 Å². The van der Waals surface area contributed by atoms with E-state index in [4.69, 9.17) is 5.11 Å². The Hall–Kier alpha value is -1.84. The molecule has 0 aromatic heterocycles. The van der Waals surface area contributed by atoms with Crippen LogP contribution in [0.4, 0.5) is 0 Å². The third-order valence-corrected chi connectivity index (χ3v) is 4.32. The Kier molecular flexibility index (Phi) is 4.99. The molecule has 0 radical (unpaired) electrons. The van der Waals surface area contributed by atoms with Crippen molar-refractivity contribution in [2.75, 3.05) is 13.1 Å². The third kappa shape index (κ3) is 3.84. The Morgan fingerprint density at radius 1 is 1.38 bits per heavy atom. The molecule has 1 heterocycles. The monoisotopic (exact) mass is 289 g/mol. The minimum Gasteiger partial charge on any atom is -0.481 e. The second-order valence-corrected chi connectivity index (χ2v) is 5.98. The van der Waals surface area contributed by atoms with Crippen molar-refractivity contribution >= 4 is 11.9 Å². The van der Waals surface area contributed by atoms with Crippen LogP contribution in [-0.4, -0.2) is 35.0 Å². The molecule has 0 saturated carbocycles. The first-order valence-electron chi connectivity index (χ1n) is 7.55. The maximum atomic E-state index is 12.4. The standard InChI is InChI=1S/C17H23NO3/c1-12-6-3-4-8-15(12)13(2)10-16(19)18-9-5-7-14(11-18)17(20)21/h3-4,6,8,13-14H,5,7,9-11H2,1-2H3,(H,20,21). The quantitative estimate of drug-likeness (QED) is 0.927. The second kappa shape index (κ2) is 6.74. The molecule has 4 nitrogen and oxygen atoms in total. The molecule has 2 unspecified atom stereocenters. The highest BCUT2D eigenvalue weighted by molar-refractivity contribution is 5.78. The molecular weight excluding hydrogens is 266 g/mol. The molecule has 0 aliphatic carbocycles. The van der Waals surface area contributed by atoms with E-state index in [1.54, 1.807) is 4.90 Å². The molecule has 2 rings (SSSR count). The normalized spacial score (nSPS) is 20.1. The van der Waals surface area contributed by atoms with E-state index in [2.05, 4.69) is 26.0 Å². The first kappa shape index (κ1) is 15.5. The summed E-state index contributed by atoms with van der Waals surface area (Å²) in [5.74, 6) is -0.975. The molecule has 114 valence electrons. The van der Waals surface area contributed by atoms with Crippen LogP contribution in [0.5, 0.6) is 0 Å². The molecule has 0 bridgehead atoms. The predicted octanol–water partition coefficient (Wildman–Crippen LogP) is 2.81. The van der Waals surface area contributed by atoms with Crippen LogP contribution in [0.15, 0.2) is 24.3 Å². The number of hydrogen-bond donors (Lipinski definition) is 1. The fourth-order valence-corrected chi connectivity index (χ4v) is 3.05. The minimum absolute atomic E-state index is 0.0664. The molecule has 2 atom stereocenters. The third-order valence-electron chi connectivity index (χ3n) is 4.32. The highest BCUT2D eigenvalue weighted by Crippen LogP contribution is 2.25. The molecule has 1 aliphatic rings. The summed E-state index contributed by atoms with van der Waals surface area (Å²) in [5, 5.41) is 9.10. The van der Waals surface area contributed by atoms with Gasteiger partial charge in [0.1, 0.15) is 0 Å². The van der Waals surface area contributed by atoms with E-state index in [0.29, 0.717) is 25.9 Å². The van der Waals surface area contributed by atoms with E-state index < -0.39 is 11.9 Å². The summed E-state index contributed by atoms with van der Waals surface area (Å²) < 4.78 is 0. The Morgan fingerprint density at radius 2 is 2.10 bits per heavy atom. The van der Waals surface area contributed by atoms with Crippen molar-refractivity contribution in [3.05, 3.63) is 35.4 Å². The van der Waals surface area contributed by atoms with Crippen LogP contribution >= 0.6 is 0 Å². The fourth-order valence-electron chi connectivity index (χ4n) is 3.05. The lowest BCUT2D eigenvalue weighted by molar-refractivity contribution is -0.145. The maximum Gasteiger partial charge on any atom is 0.308 e. The molecule has 1 aromatic carbocycles. The van der Waals surface area contributed by atoms with Crippen molar-refractivity contribution < 1.29 is 14.7 Å². The van der Waals surface area contributed by atoms with E-state index in [-0.39, 0.29) is 11.8 Å². The lowest BCUT2D eigenvalue weighted by Crippen LogP contribution is -2.42. The summed E-state index contributed by atoms with van der Waals surface area (Å²) in [6, 6.07) is 8.10. The van der Waals surface area contributed by atoms with Crippen molar-refractivity contribution in [2.45, 2.75) is 39.0 Å². The van der Waals surface area contributed by atoms with Crippen molar-refractivity contribution in [3.63, 3.8) is 0 Å². The topological polar surface area (TPSA) is 57.6 Å². The van der Waals surface area contributed by atoms with Gasteiger partial charge in [-0.1, -0.05) is 31.2 Å². The lowest BCUT2D eigenvalue weighted by Gasteiger charge is -2.31. The number of aliphatic carboxylic acids is 1. The average Bonchev–Trinajstić information content (AvgIpc) is 2.47. The molecule has 21 heavy (non-hydrogen) atoms. The van der Waals surface area contributed by atoms with Crippen LogP contribution in [-0.2, 0) is 9.59 Å². The smallest absolute Gasteiger partial charge is 0.308 e. The van der Waals surface area contributed by atoms with Crippen molar-refractivity contribution in [2.24, 2.45) is 5.92 Å². The van der Waals surface area contributed by atoms with Gasteiger partial charge in [-0.15, -0.1) is 0 Å². The molecule has 1 aromatic rings. The van der Waals surface area contributed by atoms with Gasteiger partial charge in [0, 0.05) is 19.5 Å². The molecule has 0 spiro atoms. The number of carboxylic acids is 1. The van der Waals surface area contributed by atoms with Gasteiger partial charge in [0.05, 0.1) is 5.92 Å². The van der Waals surface area contributed by atoms with Gasteiger partial charge in [-0.25, -0.2) is 0 Å². The van der Waals surface area contributed by atoms with Crippen LogP contribution in [0.2, 0.25) is 0 Å². The Balaban J connectivity index is 1.98. The number of carbonyl (C=O) groups is 2. The zero-order valence-corrected chi connectivity index (χ0v) is 12.7. The van der Waals surface area contributed by atoms with E-state index in [9.17, 15) is 9.59 Å². The molecule has 4 heteroatoms. The van der Waals surface area contributed by atoms with Gasteiger partial charge in [-0.2, -0.15) is 0 Å². The first-order chi connectivity index (χ1) is 9.99. The lowest BCUT2D eigenvalue weighted by atomic mass is 9.92. The van der Waals surface area contributed by atoms with Gasteiger partial charge < -0.3 is 10.0 Å². The van der Waals surface area contributed by atoms with Crippen molar-refractivity contribution in [3.8, 4) is 0 Å². The number of aryl methyl sites for hydroxylation is 1. The van der Waals surface area contributed by atoms with Gasteiger partial charge in [0.2, 0.25) is 5.91 Å². The van der Waals surface area contributed by atoms with Gasteiger partial charge in [-0.05, 0) is 36.8 Å². The number of benzene rings is 1. The molecule has 1 fully saturated rings. The minimum atomic E-state index is -0.792. The summed E-state index contributed by atoms with van der Waals surface area (Å²) in [6.45, 7) is 5.15. The van der Waals surface area contributed by atoms with Crippen LogP contribution in [0.3, 0.4) is 0 Å². The number of hydrogen-bond acceptors (Lipinski definition) is 2. The molecule has 1 saturated heterocycles. The van der Waals surface area contributed by atoms with Gasteiger partial charge in [0.15, 0.2) is 0 Å². The van der Waals surface area contributed by atoms with Crippen LogP contribution in [0.25, 0.3) is 0 Å². The highest BCUT2D eigenvalue weighted by atomic mass is 16.4. The predicted molar refractivity (Wildman–Crippen MR) is 81.2 cm³/mol. The number of likely N-dealkylation sites (tertiary alicyclic amines) is 1. The molecule has 1 aliphatic heterocycles. The number of carboxylic acid groups (broad SMARTS) is 1. The summed E-state index contributed by atoms with van der Waals surface area (Å²) in [7, 11) is 0. The molecular formula is C17H23NO3. The second-order valence-electron chi connectivity index (χ2n) is 5.98. The summed E-state index contributed by atoms with van der Waals surface area (Å²) in [5.41, 5.74) is 2.39. The zero-order valence-electron chi connectivity index (χ0n) is 12.7. The van der Waals surface area contributed by atoms with Gasteiger partial charge in [0.25, 0.3) is 0 Å². The molecule has 1 amide bonds. The number of piperidine rings is 1. The van der Waals surface area contributed by atoms with Gasteiger partial charge >= 0.3 is 5.97 Å². The van der Waals surface area contributed by atoms with Crippen molar-refractivity contribution in [1.82, 2.24) is 4.90 Å². The summed E-state index contributed by atoms with van der Waals surface area (Å²) >= 11 is 0. The van der Waals surface area contributed by atoms with Crippen LogP contribution in [0, 0.1) is 12.8 Å². The van der Waals surface area contributed by atoms with Crippen molar-refractivity contribution in [1.29, 1.82) is 0 Å². The Labute approximate surface area is 125 Å². The summed E-state index contributed by atoms with van der Waals surface area (Å²) in [4.78, 5) is 25.2. The van der Waals surface area contributed by atoms with Crippen LogP contribution < -0.4 is 0 Å². The Bertz CT molecular complexity index is 527. The van der Waals surface area contributed by atoms with E-state index in [1.807, 2.05) is 12.1 Å². The number of rotatable bonds is 4. The zero-order chi connectivity index (χ0) is 15.4. The molecule has 1 N–H and O–H groups in total. The fraction of sp³-hybridized carbons (Fsp3) is 0.529. The van der Waals surface area contributed by atoms with E-state index >= 15 is 0 Å². The summed E-state index contributed by atoms with van der Waals surface area (Å²) in [6.07, 6.45) is 1.89. The van der Waals surface area contributed by atoms with Gasteiger partial charge in [-0.3, -0.25) is 9.59 Å². The largest absolute Gasteiger partial charge is 0.481 e. The van der Waals surface area contributed by atoms with E-state index in [0.717, 1.165) is 6.42 Å². The first-order valence-corrected chi connectivity index (χ1v) is 7.55. The maximum absolute atomic E-state index is 12.4. The van der Waals surface area contributed by atoms with E-state index in [1.165, 1.54) is 11.1 Å². The number of carbonyl (C=O) groups excluding carboxylic acids is 1. The SMILES string of the molecule is Cc1ccccc1C(C)CC(=O)N1CCCC(C(=O)O)C1. The average molecular weight is 289 g/mol. The highest BCUT2D eigenvalue weighted by Gasteiger charge is 2.28. The number of amides is 1. The Morgan fingerprint density at radius 3 is 2.76 bits per heavy atom. The number of nitrogens with zero attached hydrogens (tertiary/aromatic N) is 1.